The Labute approximate surface area is 373 Å². The number of nitrogens with two attached hydrogens (primary N) is 1. The second-order valence-electron chi connectivity index (χ2n) is 17.4. The molecule has 1 unspecified atom stereocenters. The predicted octanol–water partition coefficient (Wildman–Crippen LogP) is 10.9. The van der Waals surface area contributed by atoms with Crippen LogP contribution >= 0.6 is 7.82 Å². The van der Waals surface area contributed by atoms with E-state index in [4.69, 9.17) is 33.7 Å². The maximum absolute atomic E-state index is 14.2. The highest BCUT2D eigenvalue weighted by molar-refractivity contribution is 7.47. The third-order valence-electron chi connectivity index (χ3n) is 11.6. The lowest BCUT2D eigenvalue weighted by Gasteiger charge is -2.29. The highest BCUT2D eigenvalue weighted by atomic mass is 31.2. The molecule has 3 aromatic rings. The molecule has 2 fully saturated rings. The predicted molar refractivity (Wildman–Crippen MR) is 229 cm³/mol. The smallest absolute Gasteiger partial charge is 0.382 e. The van der Waals surface area contributed by atoms with Gasteiger partial charge in [0.1, 0.15) is 48.6 Å². The highest BCUT2D eigenvalue weighted by Gasteiger charge is 2.65. The molecule has 0 radical (unpaired) electrons. The first-order valence-electron chi connectivity index (χ1n) is 22.6. The van der Waals surface area contributed by atoms with Gasteiger partial charge < -0.3 is 29.6 Å². The minimum Gasteiger partial charge on any atom is -0.382 e. The molecule has 2 aliphatic rings. The van der Waals surface area contributed by atoms with E-state index in [0.717, 1.165) is 70.3 Å². The zero-order chi connectivity index (χ0) is 46.2. The highest BCUT2D eigenvalue weighted by Crippen LogP contribution is 2.52. The normalized spacial score (nSPS) is 22.0. The van der Waals surface area contributed by atoms with Gasteiger partial charge in [-0.05, 0) is 62.6 Å². The number of rotatable bonds is 29. The number of nitrogen functional groups attached to an aromatic ring is 1. The number of halogens is 4. The lowest BCUT2D eigenvalue weighted by molar-refractivity contribution is -0.204. The second-order valence-corrected chi connectivity index (χ2v) is 18.8. The van der Waals surface area contributed by atoms with E-state index >= 15 is 0 Å². The largest absolute Gasteiger partial charge is 0.472 e. The van der Waals surface area contributed by atoms with Gasteiger partial charge in [-0.3, -0.25) is 9.05 Å². The number of aromatic nitrogens is 3. The first-order valence-corrected chi connectivity index (χ1v) is 24.1. The zero-order valence-corrected chi connectivity index (χ0v) is 37.8. The van der Waals surface area contributed by atoms with Crippen LogP contribution in [0.2, 0.25) is 0 Å². The number of nitrogens with zero attached hydrogens (tertiary/aromatic N) is 5. The number of hydrogen-bond acceptors (Lipinski definition) is 12. The molecule has 0 amide bonds. The van der Waals surface area contributed by atoms with E-state index in [1.807, 2.05) is 6.07 Å². The van der Waals surface area contributed by atoms with E-state index in [-0.39, 0.29) is 31.0 Å². The molecule has 354 valence electrons. The summed E-state index contributed by atoms with van der Waals surface area (Å²) in [4.78, 5) is 14.9. The number of hydrogen-bond donors (Lipinski definition) is 2. The van der Waals surface area contributed by atoms with Crippen LogP contribution in [0.4, 0.5) is 23.4 Å². The Hall–Kier alpha value is -3.71. The fourth-order valence-corrected chi connectivity index (χ4v) is 9.14. The number of ether oxygens (including phenoxy) is 4. The summed E-state index contributed by atoms with van der Waals surface area (Å²) in [5.74, 6) is -1.48. The van der Waals surface area contributed by atoms with Gasteiger partial charge in [-0.15, -0.1) is 0 Å². The fourth-order valence-electron chi connectivity index (χ4n) is 8.36. The van der Waals surface area contributed by atoms with Crippen LogP contribution in [0.25, 0.3) is 5.52 Å². The Bertz CT molecular complexity index is 2060. The van der Waals surface area contributed by atoms with Gasteiger partial charge in [-0.1, -0.05) is 103 Å². The van der Waals surface area contributed by atoms with Crippen molar-refractivity contribution < 1.29 is 55.0 Å². The van der Waals surface area contributed by atoms with Gasteiger partial charge in [-0.25, -0.2) is 18.5 Å². The van der Waals surface area contributed by atoms with E-state index in [1.54, 1.807) is 26.0 Å². The maximum atomic E-state index is 14.2. The summed E-state index contributed by atoms with van der Waals surface area (Å²) in [5, 5.41) is 24.1. The molecule has 0 bridgehead atoms. The van der Waals surface area contributed by atoms with Crippen LogP contribution in [0.15, 0.2) is 36.7 Å². The molecule has 4 heterocycles. The van der Waals surface area contributed by atoms with Crippen LogP contribution in [0.5, 0.6) is 0 Å². The Morgan fingerprint density at radius 3 is 2.09 bits per heavy atom. The lowest BCUT2D eigenvalue weighted by atomic mass is 9.96. The quantitative estimate of drug-likeness (QED) is 0.0379. The molecule has 64 heavy (non-hydrogen) atoms. The van der Waals surface area contributed by atoms with Crippen molar-refractivity contribution in [1.82, 2.24) is 14.6 Å². The summed E-state index contributed by atoms with van der Waals surface area (Å²) >= 11 is 0. The van der Waals surface area contributed by atoms with Crippen LogP contribution in [-0.2, 0) is 39.2 Å². The number of nitriles is 2. The SMILES string of the molecule is CC1(C)O[C@H]2[C@H](c3ccc4c(N)ncnn34)O[C@](C#N)(COP(=O)(O)OC[C@@H](CCCCCCCCCCCCCCCCCCCC(F)(F)F)OCc3cc(F)cc(C#N)c3)[C@H]2O1. The van der Waals surface area contributed by atoms with Crippen molar-refractivity contribution in [2.24, 2.45) is 0 Å². The van der Waals surface area contributed by atoms with Crippen LogP contribution < -0.4 is 5.73 Å². The first kappa shape index (κ1) is 51.3. The van der Waals surface area contributed by atoms with Crippen LogP contribution in [0.3, 0.4) is 0 Å². The van der Waals surface area contributed by atoms with Crippen molar-refractivity contribution in [2.75, 3.05) is 18.9 Å². The van der Waals surface area contributed by atoms with Crippen molar-refractivity contribution in [3.05, 3.63) is 59.3 Å². The van der Waals surface area contributed by atoms with Gasteiger partial charge in [0.15, 0.2) is 11.6 Å². The molecule has 0 saturated carbocycles. The number of phosphoric ester groups is 1. The fraction of sp³-hybridized carbons (Fsp3) is 0.689. The van der Waals surface area contributed by atoms with Crippen molar-refractivity contribution in [2.45, 2.75) is 184 Å². The Kier molecular flexibility index (Phi) is 19.4. The molecule has 0 spiro atoms. The van der Waals surface area contributed by atoms with E-state index in [1.165, 1.54) is 55.1 Å². The lowest BCUT2D eigenvalue weighted by Crippen LogP contribution is -2.45. The summed E-state index contributed by atoms with van der Waals surface area (Å²) in [7, 11) is -4.83. The minimum atomic E-state index is -4.83. The molecule has 1 aromatic carbocycles. The molecular weight excluding hydrogens is 859 g/mol. The molecule has 19 heteroatoms. The van der Waals surface area contributed by atoms with E-state index in [0.29, 0.717) is 29.6 Å². The van der Waals surface area contributed by atoms with Crippen LogP contribution in [0.1, 0.15) is 159 Å². The third-order valence-corrected chi connectivity index (χ3v) is 12.6. The van der Waals surface area contributed by atoms with Crippen molar-refractivity contribution in [1.29, 1.82) is 10.5 Å². The summed E-state index contributed by atoms with van der Waals surface area (Å²) in [5.41, 5.74) is 5.71. The Balaban J connectivity index is 1.05. The van der Waals surface area contributed by atoms with Gasteiger partial charge in [0.05, 0.1) is 36.6 Å². The number of unbranched alkanes of at least 4 members (excludes halogenated alkanes) is 16. The average Bonchev–Trinajstić information content (AvgIpc) is 3.91. The summed E-state index contributed by atoms with van der Waals surface area (Å²) < 4.78 is 101. The number of fused-ring (bicyclic) bond motifs is 2. The second kappa shape index (κ2) is 24.2. The van der Waals surface area contributed by atoms with E-state index < -0.39 is 68.6 Å². The maximum Gasteiger partial charge on any atom is 0.472 e. The van der Waals surface area contributed by atoms with Gasteiger partial charge >= 0.3 is 14.0 Å². The van der Waals surface area contributed by atoms with E-state index in [2.05, 4.69) is 16.2 Å². The Morgan fingerprint density at radius 2 is 1.50 bits per heavy atom. The van der Waals surface area contributed by atoms with Gasteiger partial charge in [0.2, 0.25) is 5.60 Å². The average molecular weight is 923 g/mol. The molecule has 5 rings (SSSR count). The monoisotopic (exact) mass is 922 g/mol. The summed E-state index contributed by atoms with van der Waals surface area (Å²) in [6.07, 6.45) is 10.5. The van der Waals surface area contributed by atoms with Crippen LogP contribution in [0, 0.1) is 28.5 Å². The molecule has 14 nitrogen and oxygen atoms in total. The van der Waals surface area contributed by atoms with Gasteiger partial charge in [0.25, 0.3) is 0 Å². The molecule has 2 saturated heterocycles. The minimum absolute atomic E-state index is 0.0701. The van der Waals surface area contributed by atoms with Gasteiger partial charge in [0, 0.05) is 6.42 Å². The zero-order valence-electron chi connectivity index (χ0n) is 36.9. The number of benzene rings is 1. The van der Waals surface area contributed by atoms with E-state index in [9.17, 15) is 37.5 Å². The molecule has 2 aliphatic heterocycles. The van der Waals surface area contributed by atoms with Crippen molar-refractivity contribution in [3.8, 4) is 12.1 Å². The van der Waals surface area contributed by atoms with Crippen LogP contribution in [-0.4, -0.2) is 68.6 Å². The Morgan fingerprint density at radius 1 is 0.891 bits per heavy atom. The van der Waals surface area contributed by atoms with Crippen molar-refractivity contribution in [3.63, 3.8) is 0 Å². The molecular formula is C45H63F4N6O8P. The standard InChI is InChI=1S/C45H63F4N6O8P/c1-43(2)61-40-39(37-21-22-38-42(52)53-32-54-55(37)38)62-44(30-51,41(40)63-43)31-60-64(56,57)59-29-36(58-28-34-24-33(27-50)25-35(46)26-34)20-18-16-14-12-10-8-6-4-3-5-7-9-11-13-15-17-19-23-45(47,48)49/h21-22,24-26,32,36,39-41H,3-20,23,28-29,31H2,1-2H3,(H,56,57)(H2,52,53,54)/t36-,39+,40+,41+,44-/m1/s1. The van der Waals surface area contributed by atoms with Gasteiger partial charge in [-0.2, -0.15) is 28.8 Å². The molecule has 0 aliphatic carbocycles. The molecule has 2 aromatic heterocycles. The van der Waals surface area contributed by atoms with Crippen molar-refractivity contribution >= 4 is 19.2 Å². The first-order chi connectivity index (χ1) is 30.5. The number of alkyl halides is 3. The summed E-state index contributed by atoms with van der Waals surface area (Å²) in [6, 6.07) is 11.3. The third kappa shape index (κ3) is 15.7. The molecule has 6 atom stereocenters. The summed E-state index contributed by atoms with van der Waals surface area (Å²) in [6.45, 7) is 2.24. The topological polar surface area (TPSA) is 196 Å². The number of anilines is 1. The number of phosphoric acid groups is 1. The molecule has 3 N–H and O–H groups in total.